The number of aromatic amines is 1. The van der Waals surface area contributed by atoms with Crippen molar-refractivity contribution in [2.75, 3.05) is 12.4 Å². The molecule has 3 aromatic heterocycles. The number of nitrogens with zero attached hydrogens (tertiary/aromatic N) is 2. The Morgan fingerprint density at radius 2 is 2.20 bits per heavy atom. The van der Waals surface area contributed by atoms with Gasteiger partial charge in [0.25, 0.3) is 0 Å². The molecule has 0 aromatic carbocycles. The molecule has 25 heavy (non-hydrogen) atoms. The summed E-state index contributed by atoms with van der Waals surface area (Å²) in [5.74, 6) is 0.0794. The molecule has 1 saturated carbocycles. The minimum absolute atomic E-state index is 0.292. The largest absolute Gasteiger partial charge is 0.481 e. The van der Waals surface area contributed by atoms with Crippen molar-refractivity contribution in [3.8, 4) is 17.0 Å². The Morgan fingerprint density at radius 3 is 2.92 bits per heavy atom. The molecule has 3 aromatic rings. The van der Waals surface area contributed by atoms with Gasteiger partial charge in [-0.05, 0) is 37.1 Å². The summed E-state index contributed by atoms with van der Waals surface area (Å²) >= 11 is 0. The third-order valence-corrected chi connectivity index (χ3v) is 4.43. The minimum Gasteiger partial charge on any atom is -0.481 e. The highest BCUT2D eigenvalue weighted by atomic mass is 19.1. The number of H-pyrrole nitrogens is 1. The maximum Gasteiger partial charge on any atom is 0.231 e. The number of methoxy groups -OCH3 is 1. The lowest BCUT2D eigenvalue weighted by atomic mass is 10.0. The Labute approximate surface area is 143 Å². The zero-order valence-corrected chi connectivity index (χ0v) is 13.8. The first kappa shape index (κ1) is 15.6. The Hall–Kier alpha value is -2.96. The number of hydrogen-bond acceptors (Lipinski definition) is 4. The van der Waals surface area contributed by atoms with Gasteiger partial charge in [0.15, 0.2) is 0 Å². The van der Waals surface area contributed by atoms with Gasteiger partial charge in [0.05, 0.1) is 13.0 Å². The number of aryl methyl sites for hydroxylation is 1. The van der Waals surface area contributed by atoms with E-state index < -0.39 is 12.1 Å². The topological polar surface area (TPSA) is 79.9 Å². The number of halogens is 1. The van der Waals surface area contributed by atoms with Crippen LogP contribution in [0.1, 0.15) is 12.0 Å². The van der Waals surface area contributed by atoms with Crippen LogP contribution in [0.2, 0.25) is 0 Å². The molecule has 0 bridgehead atoms. The Bertz CT molecular complexity index is 969. The average Bonchev–Trinajstić information content (AvgIpc) is 3.20. The first-order valence-corrected chi connectivity index (χ1v) is 8.01. The lowest BCUT2D eigenvalue weighted by molar-refractivity contribution is -0.117. The average molecular weight is 340 g/mol. The number of hydrogen-bond donors (Lipinski definition) is 2. The molecule has 2 atom stereocenters. The highest BCUT2D eigenvalue weighted by molar-refractivity contribution is 5.98. The summed E-state index contributed by atoms with van der Waals surface area (Å²) in [6.07, 6.45) is 2.81. The van der Waals surface area contributed by atoms with E-state index in [0.29, 0.717) is 23.8 Å². The number of ether oxygens (including phenoxy) is 1. The molecule has 1 amide bonds. The van der Waals surface area contributed by atoms with Crippen molar-refractivity contribution in [3.63, 3.8) is 0 Å². The van der Waals surface area contributed by atoms with E-state index in [1.54, 1.807) is 19.4 Å². The molecule has 1 aliphatic carbocycles. The fraction of sp³-hybridized carbons (Fsp3) is 0.278. The van der Waals surface area contributed by atoms with E-state index in [2.05, 4.69) is 20.3 Å². The van der Waals surface area contributed by atoms with E-state index in [1.165, 1.54) is 0 Å². The van der Waals surface area contributed by atoms with Gasteiger partial charge in [-0.3, -0.25) is 4.79 Å². The van der Waals surface area contributed by atoms with Crippen LogP contribution in [0.4, 0.5) is 10.2 Å². The molecule has 4 rings (SSSR count). The molecule has 6 nitrogen and oxygen atoms in total. The van der Waals surface area contributed by atoms with Crippen LogP contribution in [0.15, 0.2) is 30.6 Å². The maximum absolute atomic E-state index is 13.0. The molecule has 1 fully saturated rings. The van der Waals surface area contributed by atoms with Gasteiger partial charge in [0.1, 0.15) is 17.6 Å². The van der Waals surface area contributed by atoms with Crippen LogP contribution in [-0.4, -0.2) is 34.1 Å². The summed E-state index contributed by atoms with van der Waals surface area (Å²) in [6, 6.07) is 5.50. The van der Waals surface area contributed by atoms with Crippen molar-refractivity contribution >= 4 is 22.8 Å². The Kier molecular flexibility index (Phi) is 3.63. The minimum atomic E-state index is -1.03. The molecular weight excluding hydrogens is 323 g/mol. The van der Waals surface area contributed by atoms with E-state index >= 15 is 0 Å². The third-order valence-electron chi connectivity index (χ3n) is 4.43. The summed E-state index contributed by atoms with van der Waals surface area (Å²) < 4.78 is 18.4. The summed E-state index contributed by atoms with van der Waals surface area (Å²) in [7, 11) is 1.59. The fourth-order valence-electron chi connectivity index (χ4n) is 2.95. The molecule has 3 heterocycles. The highest BCUT2D eigenvalue weighted by Crippen LogP contribution is 2.37. The number of anilines is 1. The Balaban J connectivity index is 1.70. The number of aromatic nitrogens is 3. The lowest BCUT2D eigenvalue weighted by Crippen LogP contribution is -2.15. The first-order chi connectivity index (χ1) is 12.1. The van der Waals surface area contributed by atoms with Crippen LogP contribution in [0.3, 0.4) is 0 Å². The van der Waals surface area contributed by atoms with Crippen molar-refractivity contribution in [1.29, 1.82) is 0 Å². The zero-order chi connectivity index (χ0) is 17.6. The first-order valence-electron chi connectivity index (χ1n) is 8.01. The van der Waals surface area contributed by atoms with Crippen molar-refractivity contribution in [2.24, 2.45) is 5.92 Å². The molecule has 0 spiro atoms. The van der Waals surface area contributed by atoms with Crippen molar-refractivity contribution in [2.45, 2.75) is 19.5 Å². The second-order valence-electron chi connectivity index (χ2n) is 6.15. The van der Waals surface area contributed by atoms with Crippen LogP contribution in [0, 0.1) is 12.8 Å². The number of alkyl halides is 1. The van der Waals surface area contributed by atoms with Gasteiger partial charge in [-0.25, -0.2) is 14.4 Å². The predicted octanol–water partition coefficient (Wildman–Crippen LogP) is 3.24. The van der Waals surface area contributed by atoms with Gasteiger partial charge in [-0.2, -0.15) is 0 Å². The zero-order valence-electron chi connectivity index (χ0n) is 13.8. The molecule has 128 valence electrons. The summed E-state index contributed by atoms with van der Waals surface area (Å²) in [6.45, 7) is 1.99. The molecule has 1 aliphatic rings. The third kappa shape index (κ3) is 2.71. The second kappa shape index (κ2) is 5.84. The quantitative estimate of drug-likeness (QED) is 0.764. The molecule has 0 saturated heterocycles. The van der Waals surface area contributed by atoms with E-state index in [9.17, 15) is 9.18 Å². The maximum atomic E-state index is 13.0. The van der Waals surface area contributed by atoms with Gasteiger partial charge in [-0.1, -0.05) is 0 Å². The molecule has 2 N–H and O–H groups in total. The molecule has 0 unspecified atom stereocenters. The number of fused-ring (bicyclic) bond motifs is 1. The fourth-order valence-corrected chi connectivity index (χ4v) is 2.95. The second-order valence-corrected chi connectivity index (χ2v) is 6.15. The van der Waals surface area contributed by atoms with Crippen LogP contribution in [-0.2, 0) is 4.79 Å². The Morgan fingerprint density at radius 1 is 1.40 bits per heavy atom. The number of pyridine rings is 2. The van der Waals surface area contributed by atoms with Crippen LogP contribution >= 0.6 is 0 Å². The SMILES string of the molecule is COc1nccc(C)c1-c1c[nH]c2nc(NC(=O)[C@@H]3C[C@@H]3F)ccc12. The van der Waals surface area contributed by atoms with Gasteiger partial charge in [-0.15, -0.1) is 0 Å². The van der Waals surface area contributed by atoms with E-state index in [-0.39, 0.29) is 5.91 Å². The number of carbonyl (C=O) groups is 1. The van der Waals surface area contributed by atoms with Crippen LogP contribution in [0.5, 0.6) is 5.88 Å². The van der Waals surface area contributed by atoms with Crippen LogP contribution < -0.4 is 10.1 Å². The van der Waals surface area contributed by atoms with Gasteiger partial charge < -0.3 is 15.0 Å². The standard InChI is InChI=1S/C18H17FN4O2/c1-9-5-6-20-18(25-2)15(9)12-8-21-16-10(12)3-4-14(22-16)23-17(24)11-7-13(11)19/h3-6,8,11,13H,7H2,1-2H3,(H2,21,22,23,24)/t11-,13+/m1/s1. The van der Waals surface area contributed by atoms with E-state index in [0.717, 1.165) is 22.1 Å². The number of carbonyl (C=O) groups excluding carboxylic acids is 1. The van der Waals surface area contributed by atoms with E-state index in [1.807, 2.05) is 25.3 Å². The number of amides is 1. The molecule has 0 radical (unpaired) electrons. The summed E-state index contributed by atoms with van der Waals surface area (Å²) in [5, 5.41) is 3.55. The highest BCUT2D eigenvalue weighted by Gasteiger charge is 2.43. The number of rotatable bonds is 4. The van der Waals surface area contributed by atoms with Crippen molar-refractivity contribution in [1.82, 2.24) is 15.0 Å². The van der Waals surface area contributed by atoms with Gasteiger partial charge in [0.2, 0.25) is 11.8 Å². The molecule has 0 aliphatic heterocycles. The lowest BCUT2D eigenvalue weighted by Gasteiger charge is -2.09. The van der Waals surface area contributed by atoms with Gasteiger partial charge >= 0.3 is 0 Å². The summed E-state index contributed by atoms with van der Waals surface area (Å²) in [5.41, 5.74) is 3.49. The van der Waals surface area contributed by atoms with Crippen molar-refractivity contribution in [3.05, 3.63) is 36.2 Å². The molecule has 7 heteroatoms. The molecular formula is C18H17FN4O2. The van der Waals surface area contributed by atoms with Crippen molar-refractivity contribution < 1.29 is 13.9 Å². The smallest absolute Gasteiger partial charge is 0.231 e. The van der Waals surface area contributed by atoms with Gasteiger partial charge in [0, 0.05) is 28.9 Å². The normalized spacial score (nSPS) is 19.0. The monoisotopic (exact) mass is 340 g/mol. The predicted molar refractivity (Wildman–Crippen MR) is 92.2 cm³/mol. The van der Waals surface area contributed by atoms with Crippen LogP contribution in [0.25, 0.3) is 22.2 Å². The van der Waals surface area contributed by atoms with E-state index in [4.69, 9.17) is 4.74 Å². The summed E-state index contributed by atoms with van der Waals surface area (Å²) in [4.78, 5) is 23.6. The number of nitrogens with one attached hydrogen (secondary N) is 2.